The highest BCUT2D eigenvalue weighted by Gasteiger charge is 2.63. The Balaban J connectivity index is 2.57. The molecule has 0 aliphatic carbocycles. The maximum Gasteiger partial charge on any atom is 0.237 e. The molecule has 17 heavy (non-hydrogen) atoms. The third-order valence-electron chi connectivity index (χ3n) is 4.15. The van der Waals surface area contributed by atoms with Gasteiger partial charge < -0.3 is 4.90 Å². The first-order valence-corrected chi connectivity index (χ1v) is 6.58. The second-order valence-electron chi connectivity index (χ2n) is 5.28. The fraction of sp³-hybridized carbons (Fsp3) is 0.667. The Morgan fingerprint density at radius 2 is 2.18 bits per heavy atom. The third-order valence-corrected chi connectivity index (χ3v) is 5.78. The molecule has 1 amide bonds. The number of rotatable bonds is 1. The van der Waals surface area contributed by atoms with E-state index in [4.69, 9.17) is 24.8 Å². The summed E-state index contributed by atoms with van der Waals surface area (Å²) in [6.45, 7) is 8.58. The van der Waals surface area contributed by atoms with Gasteiger partial charge >= 0.3 is 0 Å². The molecule has 2 rings (SSSR count). The van der Waals surface area contributed by atoms with Crippen molar-refractivity contribution in [3.63, 3.8) is 0 Å². The van der Waals surface area contributed by atoms with E-state index < -0.39 is 10.3 Å². The Kier molecular flexibility index (Phi) is 2.82. The smallest absolute Gasteiger partial charge is 0.237 e. The SMILES string of the molecule is C=C[C@H]1CCN2C(=S)N(C)C(=O)C(C)(C)[C@@]12S. The average Bonchev–Trinajstić information content (AvgIpc) is 2.63. The Hall–Kier alpha value is -0.550. The van der Waals surface area contributed by atoms with Crippen LogP contribution in [0.5, 0.6) is 0 Å². The molecule has 2 aliphatic rings. The van der Waals surface area contributed by atoms with Crippen LogP contribution in [-0.4, -0.2) is 39.3 Å². The van der Waals surface area contributed by atoms with E-state index in [-0.39, 0.29) is 11.8 Å². The molecule has 0 spiro atoms. The molecule has 0 aromatic rings. The van der Waals surface area contributed by atoms with Gasteiger partial charge in [-0.05, 0) is 32.5 Å². The molecule has 0 radical (unpaired) electrons. The van der Waals surface area contributed by atoms with Gasteiger partial charge in [0.15, 0.2) is 5.11 Å². The lowest BCUT2D eigenvalue weighted by molar-refractivity contribution is -0.143. The number of hydrogen-bond acceptors (Lipinski definition) is 3. The van der Waals surface area contributed by atoms with Gasteiger partial charge in [-0.15, -0.1) is 19.2 Å². The van der Waals surface area contributed by atoms with Gasteiger partial charge in [0, 0.05) is 19.5 Å². The number of nitrogens with zero attached hydrogens (tertiary/aromatic N) is 2. The van der Waals surface area contributed by atoms with E-state index in [1.807, 2.05) is 19.9 Å². The molecule has 2 fully saturated rings. The van der Waals surface area contributed by atoms with E-state index in [9.17, 15) is 4.79 Å². The van der Waals surface area contributed by atoms with Gasteiger partial charge in [-0.25, -0.2) is 0 Å². The van der Waals surface area contributed by atoms with E-state index in [0.29, 0.717) is 5.11 Å². The summed E-state index contributed by atoms with van der Waals surface area (Å²) in [7, 11) is 1.74. The normalized spacial score (nSPS) is 36.1. The van der Waals surface area contributed by atoms with Crippen molar-refractivity contribution >= 4 is 35.9 Å². The van der Waals surface area contributed by atoms with Crippen LogP contribution in [0.4, 0.5) is 0 Å². The van der Waals surface area contributed by atoms with E-state index >= 15 is 0 Å². The lowest BCUT2D eigenvalue weighted by atomic mass is 9.74. The summed E-state index contributed by atoms with van der Waals surface area (Å²) < 4.78 is 0. The molecule has 5 heteroatoms. The molecule has 0 aromatic carbocycles. The zero-order valence-electron chi connectivity index (χ0n) is 10.4. The van der Waals surface area contributed by atoms with Crippen molar-refractivity contribution in [2.75, 3.05) is 13.6 Å². The minimum Gasteiger partial charge on any atom is -0.333 e. The van der Waals surface area contributed by atoms with Crippen molar-refractivity contribution in [3.05, 3.63) is 12.7 Å². The van der Waals surface area contributed by atoms with Crippen LogP contribution in [0, 0.1) is 11.3 Å². The predicted molar refractivity (Wildman–Crippen MR) is 75.9 cm³/mol. The summed E-state index contributed by atoms with van der Waals surface area (Å²) in [4.78, 5) is 15.5. The zero-order chi connectivity index (χ0) is 13.0. The molecule has 0 bridgehead atoms. The summed E-state index contributed by atoms with van der Waals surface area (Å²) in [6, 6.07) is 0. The van der Waals surface area contributed by atoms with E-state index in [0.717, 1.165) is 13.0 Å². The number of hydrogen-bond donors (Lipinski definition) is 1. The first kappa shape index (κ1) is 12.9. The number of carbonyl (C=O) groups excluding carboxylic acids is 1. The summed E-state index contributed by atoms with van der Waals surface area (Å²) in [5.74, 6) is 0.207. The highest BCUT2D eigenvalue weighted by molar-refractivity contribution is 7.82. The lowest BCUT2D eigenvalue weighted by Gasteiger charge is -2.54. The number of amides is 1. The lowest BCUT2D eigenvalue weighted by Crippen LogP contribution is -2.68. The predicted octanol–water partition coefficient (Wildman–Crippen LogP) is 1.90. The van der Waals surface area contributed by atoms with Crippen LogP contribution >= 0.6 is 24.8 Å². The van der Waals surface area contributed by atoms with Gasteiger partial charge in [-0.1, -0.05) is 6.08 Å². The minimum absolute atomic E-state index is 0.0301. The van der Waals surface area contributed by atoms with Crippen molar-refractivity contribution in [1.82, 2.24) is 9.80 Å². The second kappa shape index (κ2) is 3.72. The van der Waals surface area contributed by atoms with Crippen molar-refractivity contribution in [2.45, 2.75) is 25.1 Å². The van der Waals surface area contributed by atoms with Gasteiger partial charge in [-0.2, -0.15) is 0 Å². The fourth-order valence-electron chi connectivity index (χ4n) is 3.01. The van der Waals surface area contributed by atoms with Crippen LogP contribution in [0.2, 0.25) is 0 Å². The summed E-state index contributed by atoms with van der Waals surface area (Å²) in [5, 5.41) is 0.577. The topological polar surface area (TPSA) is 23.6 Å². The summed E-state index contributed by atoms with van der Waals surface area (Å²) in [6.07, 6.45) is 2.84. The van der Waals surface area contributed by atoms with Crippen molar-refractivity contribution < 1.29 is 4.79 Å². The highest BCUT2D eigenvalue weighted by Crippen LogP contribution is 2.54. The van der Waals surface area contributed by atoms with Crippen LogP contribution in [-0.2, 0) is 4.79 Å². The monoisotopic (exact) mass is 270 g/mol. The Morgan fingerprint density at radius 1 is 1.59 bits per heavy atom. The molecule has 2 atom stereocenters. The molecule has 0 unspecified atom stereocenters. The number of fused-ring (bicyclic) bond motifs is 1. The molecule has 0 aromatic heterocycles. The Bertz CT molecular complexity index is 407. The van der Waals surface area contributed by atoms with Crippen LogP contribution in [0.1, 0.15) is 20.3 Å². The van der Waals surface area contributed by atoms with E-state index in [1.165, 1.54) is 0 Å². The highest BCUT2D eigenvalue weighted by atomic mass is 32.1. The summed E-state index contributed by atoms with van der Waals surface area (Å²) >= 11 is 10.2. The number of carbonyl (C=O) groups is 1. The van der Waals surface area contributed by atoms with Crippen LogP contribution < -0.4 is 0 Å². The molecule has 94 valence electrons. The molecule has 2 aliphatic heterocycles. The van der Waals surface area contributed by atoms with Gasteiger partial charge in [0.2, 0.25) is 5.91 Å². The number of thiol groups is 1. The molecule has 0 N–H and O–H groups in total. The van der Waals surface area contributed by atoms with Gasteiger partial charge in [0.1, 0.15) is 4.87 Å². The molecule has 0 saturated carbocycles. The zero-order valence-corrected chi connectivity index (χ0v) is 12.1. The van der Waals surface area contributed by atoms with Crippen LogP contribution in [0.25, 0.3) is 0 Å². The average molecular weight is 270 g/mol. The maximum atomic E-state index is 12.4. The molecular weight excluding hydrogens is 252 g/mol. The van der Waals surface area contributed by atoms with Crippen LogP contribution in [0.15, 0.2) is 12.7 Å². The fourth-order valence-corrected chi connectivity index (χ4v) is 3.92. The largest absolute Gasteiger partial charge is 0.333 e. The van der Waals surface area contributed by atoms with Gasteiger partial charge in [0.05, 0.1) is 5.41 Å². The molecule has 2 saturated heterocycles. The first-order valence-electron chi connectivity index (χ1n) is 5.73. The van der Waals surface area contributed by atoms with E-state index in [2.05, 4.69) is 11.5 Å². The quantitative estimate of drug-likeness (QED) is 0.447. The van der Waals surface area contributed by atoms with Crippen molar-refractivity contribution in [3.8, 4) is 0 Å². The number of thiocarbonyl (C=S) groups is 1. The Morgan fingerprint density at radius 3 is 2.71 bits per heavy atom. The van der Waals surface area contributed by atoms with E-state index in [1.54, 1.807) is 11.9 Å². The second-order valence-corrected chi connectivity index (χ2v) is 6.33. The minimum atomic E-state index is -0.581. The molecule has 2 heterocycles. The van der Waals surface area contributed by atoms with Crippen molar-refractivity contribution in [1.29, 1.82) is 0 Å². The maximum absolute atomic E-state index is 12.4. The van der Waals surface area contributed by atoms with Crippen molar-refractivity contribution in [2.24, 2.45) is 11.3 Å². The van der Waals surface area contributed by atoms with Gasteiger partial charge in [0.25, 0.3) is 0 Å². The first-order chi connectivity index (χ1) is 7.78. The third kappa shape index (κ3) is 1.35. The summed E-state index contributed by atoms with van der Waals surface area (Å²) in [5.41, 5.74) is -0.581. The van der Waals surface area contributed by atoms with Crippen LogP contribution in [0.3, 0.4) is 0 Å². The molecule has 3 nitrogen and oxygen atoms in total. The molecular formula is C12H18N2OS2. The van der Waals surface area contributed by atoms with Gasteiger partial charge in [-0.3, -0.25) is 9.69 Å². The standard InChI is InChI=1S/C12H18N2OS2/c1-5-8-6-7-14-10(16)13(4)9(15)11(2,3)12(8,14)17/h5,8,17H,1,6-7H2,2-4H3/t8-,12-/m0/s1. The Labute approximate surface area is 113 Å².